The second kappa shape index (κ2) is 22.2. The van der Waals surface area contributed by atoms with Crippen LogP contribution in [0.25, 0.3) is 0 Å². The lowest BCUT2D eigenvalue weighted by molar-refractivity contribution is -0.141. The van der Waals surface area contributed by atoms with Crippen LogP contribution in [-0.2, 0) is 41.7 Å². The van der Waals surface area contributed by atoms with Crippen LogP contribution in [0.3, 0.4) is 0 Å². The predicted octanol–water partition coefficient (Wildman–Crippen LogP) is 1.46. The van der Waals surface area contributed by atoms with Crippen molar-refractivity contribution >= 4 is 35.3 Å². The maximum atomic E-state index is 13.9. The summed E-state index contributed by atoms with van der Waals surface area (Å²) in [7, 11) is 3.28. The molecule has 13 heteroatoms. The van der Waals surface area contributed by atoms with Crippen molar-refractivity contribution in [2.75, 3.05) is 27.2 Å². The molecule has 2 saturated heterocycles. The predicted molar refractivity (Wildman–Crippen MR) is 213 cm³/mol. The summed E-state index contributed by atoms with van der Waals surface area (Å²) < 4.78 is 0. The first-order valence-electron chi connectivity index (χ1n) is 19.4. The van der Waals surface area contributed by atoms with Crippen LogP contribution in [0.1, 0.15) is 69.9 Å². The van der Waals surface area contributed by atoms with E-state index in [1.807, 2.05) is 60.7 Å². The molecule has 2 aromatic rings. The number of amides is 5. The summed E-state index contributed by atoms with van der Waals surface area (Å²) in [6.45, 7) is 4.45. The molecule has 0 aromatic heterocycles. The largest absolute Gasteiger partial charge is 0.350 e. The van der Waals surface area contributed by atoms with E-state index in [0.29, 0.717) is 58.2 Å². The van der Waals surface area contributed by atoms with Gasteiger partial charge in [-0.2, -0.15) is 0 Å². The van der Waals surface area contributed by atoms with E-state index < -0.39 is 48.1 Å². The summed E-state index contributed by atoms with van der Waals surface area (Å²) >= 11 is 0. The number of nitrogens with one attached hydrogen (secondary N) is 5. The molecule has 0 aliphatic carbocycles. The van der Waals surface area contributed by atoms with Gasteiger partial charge in [0.1, 0.15) is 18.1 Å². The van der Waals surface area contributed by atoms with Gasteiger partial charge in [0.2, 0.25) is 29.5 Å². The van der Waals surface area contributed by atoms with Crippen molar-refractivity contribution in [2.24, 2.45) is 0 Å². The highest BCUT2D eigenvalue weighted by Crippen LogP contribution is 2.22. The standard InChI is InChI=1S/C43H55N7O6/c1-30(44-3)39(52)47-34(42(55)49-27-15-23-36(49)38(51)26-25-32-17-9-7-10-18-32)21-13-5-6-14-22-35(48-40(53)31(2)45-4)43(56)50-28-16-24-37(50)41(54)46-29-33-19-11-8-12-20-33/h7-12,17-20,30-31,34-37,44-45H,15-16,21-29H2,1-4H3,(H,46,54)(H,47,52)(H,48,53)/t30-,31?,34-,35-,36-,37-/m0/s1. The Labute approximate surface area is 330 Å². The zero-order chi connectivity index (χ0) is 40.5. The van der Waals surface area contributed by atoms with Gasteiger partial charge in [-0.3, -0.25) is 28.8 Å². The smallest absolute Gasteiger partial charge is 0.246 e. The van der Waals surface area contributed by atoms with Gasteiger partial charge in [-0.1, -0.05) is 72.5 Å². The normalized spacial score (nSPS) is 18.2. The Hall–Kier alpha value is -5.50. The number of carbonyl (C=O) groups is 6. The monoisotopic (exact) mass is 765 g/mol. The molecule has 6 atom stereocenters. The number of benzene rings is 2. The summed E-state index contributed by atoms with van der Waals surface area (Å²) in [5, 5.41) is 14.2. The van der Waals surface area contributed by atoms with E-state index in [1.165, 1.54) is 4.90 Å². The summed E-state index contributed by atoms with van der Waals surface area (Å²) in [5.41, 5.74) is 1.99. The maximum absolute atomic E-state index is 13.9. The minimum absolute atomic E-state index is 0.0151. The topological polar surface area (TPSA) is 169 Å². The van der Waals surface area contributed by atoms with Crippen molar-refractivity contribution < 1.29 is 28.8 Å². The van der Waals surface area contributed by atoms with Gasteiger partial charge in [-0.15, -0.1) is 0 Å². The molecule has 2 aliphatic rings. The number of hydrogen-bond donors (Lipinski definition) is 5. The molecular weight excluding hydrogens is 711 g/mol. The van der Waals surface area contributed by atoms with E-state index in [9.17, 15) is 28.8 Å². The van der Waals surface area contributed by atoms with Gasteiger partial charge in [0.25, 0.3) is 0 Å². The second-order valence-electron chi connectivity index (χ2n) is 14.2. The van der Waals surface area contributed by atoms with Gasteiger partial charge < -0.3 is 36.4 Å². The van der Waals surface area contributed by atoms with E-state index in [4.69, 9.17) is 0 Å². The number of rotatable bonds is 17. The van der Waals surface area contributed by atoms with Crippen molar-refractivity contribution in [3.8, 4) is 23.7 Å². The molecular formula is C43H55N7O6. The highest BCUT2D eigenvalue weighted by atomic mass is 16.2. The van der Waals surface area contributed by atoms with Gasteiger partial charge in [-0.05, 0) is 83.0 Å². The number of carbonyl (C=O) groups excluding carboxylic acids is 6. The van der Waals surface area contributed by atoms with Crippen LogP contribution in [0, 0.1) is 23.7 Å². The summed E-state index contributed by atoms with van der Waals surface area (Å²) in [4.78, 5) is 83.1. The number of nitrogens with zero attached hydrogens (tertiary/aromatic N) is 2. The van der Waals surface area contributed by atoms with E-state index in [-0.39, 0.29) is 36.3 Å². The molecule has 4 rings (SSSR count). The first kappa shape index (κ1) is 43.2. The van der Waals surface area contributed by atoms with Crippen LogP contribution < -0.4 is 26.6 Å². The van der Waals surface area contributed by atoms with E-state index in [2.05, 4.69) is 50.3 Å². The molecule has 0 bridgehead atoms. The third kappa shape index (κ3) is 12.5. The fraction of sp³-hybridized carbons (Fsp3) is 0.488. The fourth-order valence-electron chi connectivity index (χ4n) is 6.70. The second-order valence-corrected chi connectivity index (χ2v) is 14.2. The highest BCUT2D eigenvalue weighted by Gasteiger charge is 2.39. The molecule has 5 amide bonds. The first-order chi connectivity index (χ1) is 27.0. The maximum Gasteiger partial charge on any atom is 0.246 e. The zero-order valence-corrected chi connectivity index (χ0v) is 32.9. The summed E-state index contributed by atoms with van der Waals surface area (Å²) in [6, 6.07) is 14.8. The van der Waals surface area contributed by atoms with Gasteiger partial charge in [0.15, 0.2) is 5.78 Å². The number of Topliss-reactive ketones (excluding diaryl/α,β-unsaturated/α-hetero) is 1. The first-order valence-corrected chi connectivity index (χ1v) is 19.4. The van der Waals surface area contributed by atoms with Gasteiger partial charge in [0.05, 0.1) is 18.1 Å². The van der Waals surface area contributed by atoms with Gasteiger partial charge in [0, 0.05) is 38.9 Å². The van der Waals surface area contributed by atoms with Crippen LogP contribution in [0.2, 0.25) is 0 Å². The summed E-state index contributed by atoms with van der Waals surface area (Å²) in [5.74, 6) is 9.38. The number of likely N-dealkylation sites (tertiary alicyclic amines) is 2. The van der Waals surface area contributed by atoms with Crippen molar-refractivity contribution in [3.63, 3.8) is 0 Å². The van der Waals surface area contributed by atoms with Crippen molar-refractivity contribution in [1.29, 1.82) is 0 Å². The SMILES string of the molecule is CNC(C)C(=O)N[C@@H](CC#CC#CC[C@H](NC(=O)[C@H](C)NC)C(=O)N1CCC[C@H]1C(=O)CCc1ccccc1)C(=O)N1CCC[C@H]1C(=O)NCc1ccccc1. The molecule has 2 aromatic carbocycles. The van der Waals surface area contributed by atoms with E-state index in [1.54, 1.807) is 32.8 Å². The lowest BCUT2D eigenvalue weighted by Gasteiger charge is -2.28. The molecule has 13 nitrogen and oxygen atoms in total. The molecule has 1 unspecified atom stereocenters. The van der Waals surface area contributed by atoms with Crippen LogP contribution >= 0.6 is 0 Å². The summed E-state index contributed by atoms with van der Waals surface area (Å²) in [6.07, 6.45) is 3.15. The Morgan fingerprint density at radius 2 is 1.14 bits per heavy atom. The quantitative estimate of drug-likeness (QED) is 0.151. The average molecular weight is 766 g/mol. The van der Waals surface area contributed by atoms with E-state index >= 15 is 0 Å². The number of hydrogen-bond acceptors (Lipinski definition) is 8. The van der Waals surface area contributed by atoms with E-state index in [0.717, 1.165) is 11.1 Å². The van der Waals surface area contributed by atoms with Crippen molar-refractivity contribution in [2.45, 2.75) is 108 Å². The van der Waals surface area contributed by atoms with Gasteiger partial charge in [-0.25, -0.2) is 0 Å². The minimum Gasteiger partial charge on any atom is -0.350 e. The van der Waals surface area contributed by atoms with Crippen LogP contribution in [-0.4, -0.2) is 109 Å². The Bertz CT molecular complexity index is 1670. The van der Waals surface area contributed by atoms with Crippen LogP contribution in [0.5, 0.6) is 0 Å². The molecule has 2 aliphatic heterocycles. The third-order valence-corrected chi connectivity index (χ3v) is 10.3. The zero-order valence-electron chi connectivity index (χ0n) is 32.9. The fourth-order valence-corrected chi connectivity index (χ4v) is 6.70. The Morgan fingerprint density at radius 1 is 0.679 bits per heavy atom. The average Bonchev–Trinajstić information content (AvgIpc) is 3.93. The van der Waals surface area contributed by atoms with Crippen LogP contribution in [0.4, 0.5) is 0 Å². The molecule has 0 radical (unpaired) electrons. The third-order valence-electron chi connectivity index (χ3n) is 10.3. The lowest BCUT2D eigenvalue weighted by Crippen LogP contribution is -2.55. The highest BCUT2D eigenvalue weighted by molar-refractivity contribution is 5.95. The van der Waals surface area contributed by atoms with Crippen LogP contribution in [0.15, 0.2) is 60.7 Å². The van der Waals surface area contributed by atoms with Gasteiger partial charge >= 0.3 is 0 Å². The Morgan fingerprint density at radius 3 is 1.64 bits per heavy atom. The molecule has 0 spiro atoms. The molecule has 5 N–H and O–H groups in total. The Balaban J connectivity index is 1.43. The molecule has 298 valence electrons. The molecule has 0 saturated carbocycles. The Kier molecular flexibility index (Phi) is 17.1. The molecule has 2 heterocycles. The number of ketones is 1. The lowest BCUT2D eigenvalue weighted by atomic mass is 10.0. The number of likely N-dealkylation sites (N-methyl/N-ethyl adjacent to an activating group) is 2. The van der Waals surface area contributed by atoms with Crippen molar-refractivity contribution in [3.05, 3.63) is 71.8 Å². The number of aryl methyl sites for hydroxylation is 1. The molecule has 2 fully saturated rings. The minimum atomic E-state index is -1.03. The molecule has 56 heavy (non-hydrogen) atoms. The van der Waals surface area contributed by atoms with Crippen molar-refractivity contribution in [1.82, 2.24) is 36.4 Å².